The third kappa shape index (κ3) is 2.25. The van der Waals surface area contributed by atoms with E-state index in [0.717, 1.165) is 32.6 Å². The van der Waals surface area contributed by atoms with E-state index in [1.807, 2.05) is 0 Å². The Bertz CT molecular complexity index is 423. The minimum absolute atomic E-state index is 0.325. The maximum Gasteiger partial charge on any atom is 0.0726 e. The first-order valence-electron chi connectivity index (χ1n) is 6.96. The highest BCUT2D eigenvalue weighted by atomic mass is 16.5. The summed E-state index contributed by atoms with van der Waals surface area (Å²) < 4.78 is 5.83. The zero-order chi connectivity index (χ0) is 12.5. The van der Waals surface area contributed by atoms with Crippen molar-refractivity contribution in [3.8, 4) is 0 Å². The summed E-state index contributed by atoms with van der Waals surface area (Å²) in [5.41, 5.74) is 4.43. The van der Waals surface area contributed by atoms with Crippen LogP contribution in [0, 0.1) is 0 Å². The highest BCUT2D eigenvalue weighted by Gasteiger charge is 2.25. The Kier molecular flexibility index (Phi) is 3.27. The molecule has 0 aliphatic carbocycles. The molecule has 2 unspecified atom stereocenters. The van der Waals surface area contributed by atoms with Crippen LogP contribution in [0.4, 0.5) is 5.69 Å². The van der Waals surface area contributed by atoms with Gasteiger partial charge in [-0.3, -0.25) is 0 Å². The van der Waals surface area contributed by atoms with Crippen molar-refractivity contribution in [2.75, 3.05) is 24.5 Å². The lowest BCUT2D eigenvalue weighted by molar-refractivity contribution is -0.00527. The van der Waals surface area contributed by atoms with Gasteiger partial charge in [-0.15, -0.1) is 0 Å². The molecule has 0 radical (unpaired) electrons. The lowest BCUT2D eigenvalue weighted by atomic mass is 9.97. The molecule has 18 heavy (non-hydrogen) atoms. The summed E-state index contributed by atoms with van der Waals surface area (Å²) >= 11 is 0. The van der Waals surface area contributed by atoms with Gasteiger partial charge in [-0.2, -0.15) is 0 Å². The Hall–Kier alpha value is -1.06. The molecule has 98 valence electrons. The van der Waals surface area contributed by atoms with Crippen molar-refractivity contribution in [3.63, 3.8) is 0 Å². The number of benzene rings is 1. The Balaban J connectivity index is 1.91. The highest BCUT2D eigenvalue weighted by Crippen LogP contribution is 2.28. The average Bonchev–Trinajstić information content (AvgIpc) is 2.37. The first-order chi connectivity index (χ1) is 8.74. The molecule has 3 heteroatoms. The van der Waals surface area contributed by atoms with Gasteiger partial charge in [0.1, 0.15) is 0 Å². The minimum Gasteiger partial charge on any atom is -0.372 e. The van der Waals surface area contributed by atoms with Crippen LogP contribution < -0.4 is 10.2 Å². The fraction of sp³-hybridized carbons (Fsp3) is 0.600. The van der Waals surface area contributed by atoms with E-state index in [9.17, 15) is 0 Å². The molecule has 0 aromatic heterocycles. The number of morpholine rings is 1. The van der Waals surface area contributed by atoms with Crippen LogP contribution >= 0.6 is 0 Å². The van der Waals surface area contributed by atoms with Crippen LogP contribution in [-0.4, -0.2) is 31.8 Å². The van der Waals surface area contributed by atoms with Crippen molar-refractivity contribution in [1.82, 2.24) is 5.32 Å². The molecule has 1 fully saturated rings. The molecule has 0 spiro atoms. The quantitative estimate of drug-likeness (QED) is 0.819. The molecule has 0 saturated carbocycles. The predicted molar refractivity (Wildman–Crippen MR) is 74.1 cm³/mol. The predicted octanol–water partition coefficient (Wildman–Crippen LogP) is 1.95. The SMILES string of the molecule is CC1CN(c2cccc3c2CCNC3)CC(C)O1. The minimum atomic E-state index is 0.325. The van der Waals surface area contributed by atoms with Crippen LogP contribution in [-0.2, 0) is 17.7 Å². The number of rotatable bonds is 1. The van der Waals surface area contributed by atoms with Gasteiger partial charge in [-0.05, 0) is 44.0 Å². The fourth-order valence-electron chi connectivity index (χ4n) is 3.18. The van der Waals surface area contributed by atoms with Crippen molar-refractivity contribution >= 4 is 5.69 Å². The molecule has 2 aliphatic heterocycles. The van der Waals surface area contributed by atoms with E-state index in [4.69, 9.17) is 4.74 Å². The Labute approximate surface area is 109 Å². The second-order valence-electron chi connectivity index (χ2n) is 5.50. The van der Waals surface area contributed by atoms with Crippen LogP contribution in [0.15, 0.2) is 18.2 Å². The van der Waals surface area contributed by atoms with Gasteiger partial charge in [0.05, 0.1) is 12.2 Å². The lowest BCUT2D eigenvalue weighted by Crippen LogP contribution is -2.46. The molecule has 2 aliphatic rings. The third-order valence-corrected chi connectivity index (χ3v) is 3.88. The van der Waals surface area contributed by atoms with E-state index >= 15 is 0 Å². The van der Waals surface area contributed by atoms with Gasteiger partial charge in [-0.25, -0.2) is 0 Å². The van der Waals surface area contributed by atoms with E-state index in [0.29, 0.717) is 12.2 Å². The number of ether oxygens (including phenoxy) is 1. The van der Waals surface area contributed by atoms with Crippen LogP contribution in [0.5, 0.6) is 0 Å². The lowest BCUT2D eigenvalue weighted by Gasteiger charge is -2.38. The Morgan fingerprint density at radius 3 is 2.78 bits per heavy atom. The van der Waals surface area contributed by atoms with E-state index in [2.05, 4.69) is 42.3 Å². The normalized spacial score (nSPS) is 28.0. The first-order valence-corrected chi connectivity index (χ1v) is 6.96. The molecule has 0 amide bonds. The number of hydrogen-bond acceptors (Lipinski definition) is 3. The summed E-state index contributed by atoms with van der Waals surface area (Å²) in [5, 5.41) is 3.45. The largest absolute Gasteiger partial charge is 0.372 e. The zero-order valence-electron chi connectivity index (χ0n) is 11.3. The zero-order valence-corrected chi connectivity index (χ0v) is 11.3. The number of nitrogens with one attached hydrogen (secondary N) is 1. The van der Waals surface area contributed by atoms with Gasteiger partial charge in [0.25, 0.3) is 0 Å². The maximum absolute atomic E-state index is 5.83. The molecule has 0 bridgehead atoms. The molecule has 3 rings (SSSR count). The summed E-state index contributed by atoms with van der Waals surface area (Å²) in [7, 11) is 0. The second kappa shape index (κ2) is 4.90. The van der Waals surface area contributed by atoms with Gasteiger partial charge in [0.15, 0.2) is 0 Å². The van der Waals surface area contributed by atoms with E-state index < -0.39 is 0 Å². The second-order valence-corrected chi connectivity index (χ2v) is 5.50. The van der Waals surface area contributed by atoms with Gasteiger partial charge < -0.3 is 15.0 Å². The topological polar surface area (TPSA) is 24.5 Å². The van der Waals surface area contributed by atoms with Crippen LogP contribution in [0.1, 0.15) is 25.0 Å². The number of hydrogen-bond donors (Lipinski definition) is 1. The van der Waals surface area contributed by atoms with Gasteiger partial charge in [-0.1, -0.05) is 12.1 Å². The van der Waals surface area contributed by atoms with Crippen molar-refractivity contribution in [2.24, 2.45) is 0 Å². The monoisotopic (exact) mass is 246 g/mol. The highest BCUT2D eigenvalue weighted by molar-refractivity contribution is 5.58. The van der Waals surface area contributed by atoms with Crippen molar-refractivity contribution in [2.45, 2.75) is 39.0 Å². The van der Waals surface area contributed by atoms with Crippen molar-refractivity contribution in [1.29, 1.82) is 0 Å². The average molecular weight is 246 g/mol. The fourth-order valence-corrected chi connectivity index (χ4v) is 3.18. The molecule has 1 saturated heterocycles. The van der Waals surface area contributed by atoms with E-state index in [-0.39, 0.29) is 0 Å². The number of anilines is 1. The molecule has 3 nitrogen and oxygen atoms in total. The summed E-state index contributed by atoms with van der Waals surface area (Å²) in [5.74, 6) is 0. The number of fused-ring (bicyclic) bond motifs is 1. The van der Waals surface area contributed by atoms with Crippen molar-refractivity contribution in [3.05, 3.63) is 29.3 Å². The summed E-state index contributed by atoms with van der Waals surface area (Å²) in [6.07, 6.45) is 1.80. The molecule has 2 heterocycles. The van der Waals surface area contributed by atoms with E-state index in [1.165, 1.54) is 16.8 Å². The smallest absolute Gasteiger partial charge is 0.0726 e. The summed E-state index contributed by atoms with van der Waals surface area (Å²) in [4.78, 5) is 2.50. The van der Waals surface area contributed by atoms with Crippen LogP contribution in [0.2, 0.25) is 0 Å². The molecule has 1 aromatic rings. The summed E-state index contributed by atoms with van der Waals surface area (Å²) in [6.45, 7) is 8.46. The van der Waals surface area contributed by atoms with Crippen molar-refractivity contribution < 1.29 is 4.74 Å². The first kappa shape index (κ1) is 12.0. The standard InChI is InChI=1S/C15H22N2O/c1-11-9-17(10-12(2)18-11)15-5-3-4-13-8-16-7-6-14(13)15/h3-5,11-12,16H,6-10H2,1-2H3. The summed E-state index contributed by atoms with van der Waals surface area (Å²) in [6, 6.07) is 6.71. The van der Waals surface area contributed by atoms with Gasteiger partial charge >= 0.3 is 0 Å². The molecular weight excluding hydrogens is 224 g/mol. The van der Waals surface area contributed by atoms with Gasteiger partial charge in [0.2, 0.25) is 0 Å². The molecule has 2 atom stereocenters. The molecular formula is C15H22N2O. The molecule has 1 aromatic carbocycles. The van der Waals surface area contributed by atoms with Crippen LogP contribution in [0.25, 0.3) is 0 Å². The maximum atomic E-state index is 5.83. The third-order valence-electron chi connectivity index (χ3n) is 3.88. The Morgan fingerprint density at radius 2 is 2.00 bits per heavy atom. The van der Waals surface area contributed by atoms with Crippen LogP contribution in [0.3, 0.4) is 0 Å². The Morgan fingerprint density at radius 1 is 1.22 bits per heavy atom. The van der Waals surface area contributed by atoms with Gasteiger partial charge in [0, 0.05) is 25.3 Å². The molecule has 1 N–H and O–H groups in total. The van der Waals surface area contributed by atoms with E-state index in [1.54, 1.807) is 0 Å². The number of nitrogens with zero attached hydrogens (tertiary/aromatic N) is 1.